The highest BCUT2D eigenvalue weighted by atomic mass is 32.2. The third kappa shape index (κ3) is 12.6. The summed E-state index contributed by atoms with van der Waals surface area (Å²) in [5.41, 5.74) is 6.85. The molecule has 258 valence electrons. The quantitative estimate of drug-likeness (QED) is 0.189. The third-order valence-corrected chi connectivity index (χ3v) is 10.6. The van der Waals surface area contributed by atoms with Crippen molar-refractivity contribution in [2.24, 2.45) is 11.7 Å². The van der Waals surface area contributed by atoms with E-state index in [2.05, 4.69) is 15.6 Å². The Bertz CT molecular complexity index is 1230. The number of amides is 3. The molecule has 12 heteroatoms. The maximum atomic E-state index is 13.8. The van der Waals surface area contributed by atoms with Crippen molar-refractivity contribution in [2.75, 3.05) is 30.9 Å². The van der Waals surface area contributed by atoms with Crippen LogP contribution < -0.4 is 16.4 Å². The van der Waals surface area contributed by atoms with Crippen LogP contribution in [0.1, 0.15) is 63.4 Å². The highest BCUT2D eigenvalue weighted by Gasteiger charge is 2.33. The molecule has 2 heterocycles. The molecule has 3 amide bonds. The van der Waals surface area contributed by atoms with E-state index >= 15 is 0 Å². The minimum Gasteiger partial charge on any atom is -0.436 e. The standard InChI is InChI=1S/C35H51N5O5S2/c1-46-24-29(39-34(43)31(23-26-12-6-3-7-13-26)45-35(44)40-19-15-27(36)16-20-40)33(42)38-28(22-25-10-4-2-5-11-25)30(41)17-21-47-32-14-8-9-18-37-32/h3,6-9,12-14,18,25,27-31,41H,2,4-5,10-11,15-17,19-24,36H2,1H3,(H,38,42)(H,39,43)/t28-,29?,30-,31-/m0/s1. The van der Waals surface area contributed by atoms with E-state index < -0.39 is 36.3 Å². The van der Waals surface area contributed by atoms with Gasteiger partial charge >= 0.3 is 6.09 Å². The van der Waals surface area contributed by atoms with Crippen molar-refractivity contribution in [3.05, 3.63) is 60.3 Å². The summed E-state index contributed by atoms with van der Waals surface area (Å²) in [6.45, 7) is 0.949. The molecule has 4 atom stereocenters. The average Bonchev–Trinajstić information content (AvgIpc) is 3.09. The Morgan fingerprint density at radius 1 is 1.00 bits per heavy atom. The van der Waals surface area contributed by atoms with E-state index in [9.17, 15) is 19.5 Å². The summed E-state index contributed by atoms with van der Waals surface area (Å²) in [4.78, 5) is 46.6. The fraction of sp³-hybridized carbons (Fsp3) is 0.600. The summed E-state index contributed by atoms with van der Waals surface area (Å²) >= 11 is 3.02. The molecule has 1 saturated carbocycles. The van der Waals surface area contributed by atoms with Gasteiger partial charge < -0.3 is 31.1 Å². The van der Waals surface area contributed by atoms with Crippen LogP contribution in [0.3, 0.4) is 0 Å². The van der Waals surface area contributed by atoms with Crippen molar-refractivity contribution in [3.63, 3.8) is 0 Å². The molecule has 2 fully saturated rings. The fourth-order valence-electron chi connectivity index (χ4n) is 6.20. The molecule has 0 radical (unpaired) electrons. The van der Waals surface area contributed by atoms with E-state index in [1.807, 2.05) is 54.8 Å². The number of carbonyl (C=O) groups excluding carboxylic acids is 3. The molecule has 47 heavy (non-hydrogen) atoms. The summed E-state index contributed by atoms with van der Waals surface area (Å²) in [5.74, 6) is 0.547. The van der Waals surface area contributed by atoms with Gasteiger partial charge in [0.05, 0.1) is 17.2 Å². The van der Waals surface area contributed by atoms with Crippen LogP contribution in [-0.2, 0) is 20.7 Å². The summed E-state index contributed by atoms with van der Waals surface area (Å²) in [6, 6.07) is 13.9. The molecule has 1 aliphatic heterocycles. The van der Waals surface area contributed by atoms with Gasteiger partial charge in [-0.15, -0.1) is 11.8 Å². The Morgan fingerprint density at radius 2 is 1.72 bits per heavy atom. The summed E-state index contributed by atoms with van der Waals surface area (Å²) < 4.78 is 5.80. The second-order valence-electron chi connectivity index (χ2n) is 12.6. The SMILES string of the molecule is CSCC(NC(=O)[C@H](Cc1ccccc1)OC(=O)N1CCC(N)CC1)C(=O)N[C@@H](CC1CCCCC1)[C@@H](O)CCSc1ccccn1. The van der Waals surface area contributed by atoms with Crippen molar-refractivity contribution in [3.8, 4) is 0 Å². The Kier molecular flexibility index (Phi) is 15.7. The molecule has 0 spiro atoms. The molecule has 1 unspecified atom stereocenters. The lowest BCUT2D eigenvalue weighted by Gasteiger charge is -2.32. The number of likely N-dealkylation sites (tertiary alicyclic amines) is 1. The average molecular weight is 686 g/mol. The lowest BCUT2D eigenvalue weighted by Crippen LogP contribution is -2.56. The maximum Gasteiger partial charge on any atom is 0.410 e. The number of ether oxygens (including phenoxy) is 1. The maximum absolute atomic E-state index is 13.8. The van der Waals surface area contributed by atoms with Crippen LogP contribution in [0.4, 0.5) is 4.79 Å². The largest absolute Gasteiger partial charge is 0.436 e. The number of nitrogens with two attached hydrogens (primary N) is 1. The van der Waals surface area contributed by atoms with Crippen LogP contribution in [0.15, 0.2) is 59.8 Å². The van der Waals surface area contributed by atoms with Crippen molar-refractivity contribution in [1.82, 2.24) is 20.5 Å². The van der Waals surface area contributed by atoms with Crippen molar-refractivity contribution >= 4 is 41.4 Å². The third-order valence-electron chi connectivity index (χ3n) is 8.97. The number of thioether (sulfide) groups is 2. The van der Waals surface area contributed by atoms with Crippen LogP contribution >= 0.6 is 23.5 Å². The Labute approximate surface area is 287 Å². The van der Waals surface area contributed by atoms with Crippen LogP contribution in [0, 0.1) is 5.92 Å². The molecule has 1 aliphatic carbocycles. The molecule has 1 aromatic heterocycles. The molecule has 0 bridgehead atoms. The first-order valence-corrected chi connectivity index (χ1v) is 19.3. The van der Waals surface area contributed by atoms with E-state index in [1.165, 1.54) is 18.2 Å². The Morgan fingerprint density at radius 3 is 2.40 bits per heavy atom. The minimum atomic E-state index is -1.12. The Hall–Kier alpha value is -2.80. The number of nitrogens with one attached hydrogen (secondary N) is 2. The zero-order chi connectivity index (χ0) is 33.4. The second kappa shape index (κ2) is 19.9. The first-order chi connectivity index (χ1) is 22.8. The van der Waals surface area contributed by atoms with E-state index in [0.29, 0.717) is 56.2 Å². The normalized spacial score (nSPS) is 18.5. The topological polar surface area (TPSA) is 147 Å². The van der Waals surface area contributed by atoms with Gasteiger partial charge in [-0.25, -0.2) is 9.78 Å². The smallest absolute Gasteiger partial charge is 0.410 e. The lowest BCUT2D eigenvalue weighted by molar-refractivity contribution is -0.134. The number of benzene rings is 1. The van der Waals surface area contributed by atoms with Crippen molar-refractivity contribution in [2.45, 2.75) is 99.6 Å². The first kappa shape index (κ1) is 37.0. The van der Waals surface area contributed by atoms with Crippen LogP contribution in [-0.4, -0.2) is 94.1 Å². The number of rotatable bonds is 16. The molecular weight excluding hydrogens is 635 g/mol. The molecular formula is C35H51N5O5S2. The van der Waals surface area contributed by atoms with Crippen molar-refractivity contribution in [1.29, 1.82) is 0 Å². The summed E-state index contributed by atoms with van der Waals surface area (Å²) in [7, 11) is 0. The van der Waals surface area contributed by atoms with Gasteiger partial charge in [-0.3, -0.25) is 9.59 Å². The molecule has 10 nitrogen and oxygen atoms in total. The van der Waals surface area contributed by atoms with E-state index in [0.717, 1.165) is 36.3 Å². The van der Waals surface area contributed by atoms with E-state index in [4.69, 9.17) is 10.5 Å². The Balaban J connectivity index is 1.42. The predicted octanol–water partition coefficient (Wildman–Crippen LogP) is 4.40. The van der Waals surface area contributed by atoms with Gasteiger partial charge in [-0.2, -0.15) is 11.8 Å². The van der Waals surface area contributed by atoms with Gasteiger partial charge in [0.15, 0.2) is 6.10 Å². The van der Waals surface area contributed by atoms with Gasteiger partial charge in [-0.1, -0.05) is 68.5 Å². The van der Waals surface area contributed by atoms with Gasteiger partial charge in [0.25, 0.3) is 5.91 Å². The van der Waals surface area contributed by atoms with Gasteiger partial charge in [0.1, 0.15) is 6.04 Å². The number of aliphatic hydroxyl groups excluding tert-OH is 1. The number of carbonyl (C=O) groups is 3. The summed E-state index contributed by atoms with van der Waals surface area (Å²) in [5, 5.41) is 18.2. The number of aromatic nitrogens is 1. The minimum absolute atomic E-state index is 0.0494. The number of nitrogens with zero attached hydrogens (tertiary/aromatic N) is 2. The number of aliphatic hydroxyl groups is 1. The van der Waals surface area contributed by atoms with Crippen LogP contribution in [0.25, 0.3) is 0 Å². The second-order valence-corrected chi connectivity index (χ2v) is 14.7. The molecule has 4 rings (SSSR count). The van der Waals surface area contributed by atoms with Crippen molar-refractivity contribution < 1.29 is 24.2 Å². The number of piperidine rings is 1. The molecule has 2 aromatic rings. The van der Waals surface area contributed by atoms with E-state index in [1.54, 1.807) is 22.9 Å². The molecule has 1 saturated heterocycles. The molecule has 2 aliphatic rings. The monoisotopic (exact) mass is 685 g/mol. The van der Waals surface area contributed by atoms with Crippen LogP contribution in [0.2, 0.25) is 0 Å². The number of hydrogen-bond acceptors (Lipinski definition) is 9. The number of pyridine rings is 1. The highest BCUT2D eigenvalue weighted by molar-refractivity contribution is 7.99. The molecule has 1 aromatic carbocycles. The molecule has 5 N–H and O–H groups in total. The van der Waals surface area contributed by atoms with Gasteiger partial charge in [0.2, 0.25) is 5.91 Å². The fourth-order valence-corrected chi connectivity index (χ4v) is 7.65. The number of hydrogen-bond donors (Lipinski definition) is 4. The zero-order valence-electron chi connectivity index (χ0n) is 27.4. The summed E-state index contributed by atoms with van der Waals surface area (Å²) in [6.07, 6.45) is 9.63. The van der Waals surface area contributed by atoms with Gasteiger partial charge in [0, 0.05) is 43.3 Å². The first-order valence-electron chi connectivity index (χ1n) is 16.9. The highest BCUT2D eigenvalue weighted by Crippen LogP contribution is 2.29. The zero-order valence-corrected chi connectivity index (χ0v) is 29.1. The van der Waals surface area contributed by atoms with Gasteiger partial charge in [-0.05, 0) is 55.6 Å². The van der Waals surface area contributed by atoms with E-state index in [-0.39, 0.29) is 18.4 Å². The predicted molar refractivity (Wildman–Crippen MR) is 188 cm³/mol. The lowest BCUT2D eigenvalue weighted by atomic mass is 9.83. The van der Waals surface area contributed by atoms with Crippen LogP contribution in [0.5, 0.6) is 0 Å².